The van der Waals surface area contributed by atoms with Crippen LogP contribution in [0.25, 0.3) is 26.9 Å². The molecule has 2 aromatic heterocycles. The number of fused-ring (bicyclic) bond motifs is 2. The predicted octanol–water partition coefficient (Wildman–Crippen LogP) is 1.29. The smallest absolute Gasteiger partial charge is 0.385 e. The van der Waals surface area contributed by atoms with E-state index in [0.717, 1.165) is 32.3 Å². The lowest BCUT2D eigenvalue weighted by Gasteiger charge is -2.25. The molecule has 0 unspecified atom stereocenters. The summed E-state index contributed by atoms with van der Waals surface area (Å²) in [5.74, 6) is -0.133. The van der Waals surface area contributed by atoms with Crippen LogP contribution in [0.3, 0.4) is 0 Å². The van der Waals surface area contributed by atoms with E-state index in [4.69, 9.17) is 16.6 Å². The largest absolute Gasteiger partial charge is 1.00 e. The van der Waals surface area contributed by atoms with Gasteiger partial charge in [0, 0.05) is 30.8 Å². The highest BCUT2D eigenvalue weighted by Gasteiger charge is 2.38. The number of aliphatic imine (C=N–C) groups is 1. The molecule has 1 fully saturated rings. The molecule has 4 heterocycles. The summed E-state index contributed by atoms with van der Waals surface area (Å²) in [6.07, 6.45) is 4.01. The third-order valence-corrected chi connectivity index (χ3v) is 10.6. The summed E-state index contributed by atoms with van der Waals surface area (Å²) in [7, 11) is 3.93. The number of amides is 1. The van der Waals surface area contributed by atoms with Crippen LogP contribution in [0.2, 0.25) is 5.02 Å². The van der Waals surface area contributed by atoms with Gasteiger partial charge >= 0.3 is 5.13 Å². The number of carbonyl (C=O) groups is 1. The lowest BCUT2D eigenvalue weighted by atomic mass is 10.1. The standard InChI is InChI=1S/C28H25ClN5O2S3.ClH/c1-5-33-24(35)22(20-13-11-16-9-7-8-10-18(16)31(20)3)38-26(33)23-25(36)34(6-2)28(39-23)30-27-32(4)19-14-12-17(29)15-21(19)37-27;/h7-15H,5-6H2,1-4H3;1H/q+1;/p-1/b22-20-,26-23-;. The molecule has 0 spiro atoms. The summed E-state index contributed by atoms with van der Waals surface area (Å²) >= 11 is 10.4. The molecule has 206 valence electrons. The fourth-order valence-corrected chi connectivity index (χ4v) is 8.63. The molecule has 6 rings (SSSR count). The fourth-order valence-electron chi connectivity index (χ4n) is 4.79. The predicted molar refractivity (Wildman–Crippen MR) is 164 cm³/mol. The van der Waals surface area contributed by atoms with Crippen molar-refractivity contribution in [1.82, 2.24) is 9.47 Å². The number of benzene rings is 2. The minimum atomic E-state index is -0.133. The molecule has 12 heteroatoms. The van der Waals surface area contributed by atoms with E-state index in [1.807, 2.05) is 86.0 Å². The summed E-state index contributed by atoms with van der Waals surface area (Å²) < 4.78 is 6.01. The summed E-state index contributed by atoms with van der Waals surface area (Å²) in [6.45, 7) is 4.80. The quantitative estimate of drug-likeness (QED) is 0.321. The first-order valence-corrected chi connectivity index (χ1v) is 15.3. The van der Waals surface area contributed by atoms with E-state index < -0.39 is 0 Å². The number of amidine groups is 1. The molecule has 4 aromatic rings. The average molecular weight is 631 g/mol. The third kappa shape index (κ3) is 4.61. The van der Waals surface area contributed by atoms with Gasteiger partial charge in [0.2, 0.25) is 0 Å². The number of anilines is 1. The highest BCUT2D eigenvalue weighted by molar-refractivity contribution is 8.23. The van der Waals surface area contributed by atoms with E-state index in [-0.39, 0.29) is 23.9 Å². The molecule has 2 aromatic carbocycles. The molecule has 2 aliphatic rings. The zero-order valence-corrected chi connectivity index (χ0v) is 26.1. The number of thioether (sulfide) groups is 1. The SMILES string of the molecule is CCN1C(=O)/C(=c2/s/c(=C3/C=Cc4ccccc4N3C)c(=O)n2CC)S/C1=N\c1sc2cc(Cl)ccc2[n+]1C.[Cl-]. The first kappa shape index (κ1) is 28.6. The molecule has 0 saturated carbocycles. The summed E-state index contributed by atoms with van der Waals surface area (Å²) in [6, 6.07) is 13.8. The highest BCUT2D eigenvalue weighted by atomic mass is 35.5. The Bertz CT molecular complexity index is 1920. The maximum absolute atomic E-state index is 13.7. The van der Waals surface area contributed by atoms with E-state index in [1.54, 1.807) is 9.47 Å². The minimum absolute atomic E-state index is 0. The lowest BCUT2D eigenvalue weighted by molar-refractivity contribution is -0.627. The molecule has 0 atom stereocenters. The van der Waals surface area contributed by atoms with Crippen LogP contribution in [-0.4, -0.2) is 34.1 Å². The average Bonchev–Trinajstić information content (AvgIpc) is 3.54. The van der Waals surface area contributed by atoms with Gasteiger partial charge in [-0.1, -0.05) is 35.9 Å². The number of para-hydroxylation sites is 1. The molecule has 0 aliphatic carbocycles. The van der Waals surface area contributed by atoms with Crippen LogP contribution < -0.4 is 36.6 Å². The van der Waals surface area contributed by atoms with Crippen LogP contribution in [-0.2, 0) is 18.4 Å². The second-order valence-electron chi connectivity index (χ2n) is 9.05. The number of likely N-dealkylation sites (N-methyl/N-ethyl adjacent to an activating group) is 1. The summed E-state index contributed by atoms with van der Waals surface area (Å²) in [4.78, 5) is 36.5. The van der Waals surface area contributed by atoms with E-state index >= 15 is 0 Å². The van der Waals surface area contributed by atoms with E-state index in [0.29, 0.717) is 37.4 Å². The molecular weight excluding hydrogens is 605 g/mol. The van der Waals surface area contributed by atoms with Crippen molar-refractivity contribution < 1.29 is 21.8 Å². The second-order valence-corrected chi connectivity index (χ2v) is 12.5. The maximum atomic E-state index is 13.7. The van der Waals surface area contributed by atoms with E-state index in [1.165, 1.54) is 34.4 Å². The lowest BCUT2D eigenvalue weighted by Crippen LogP contribution is -3.00. The number of hydrogen-bond donors (Lipinski definition) is 0. The van der Waals surface area contributed by atoms with Crippen molar-refractivity contribution in [1.29, 1.82) is 0 Å². The van der Waals surface area contributed by atoms with Gasteiger partial charge in [-0.05, 0) is 77.8 Å². The normalized spacial score (nSPS) is 18.6. The Hall–Kier alpha value is -2.89. The van der Waals surface area contributed by atoms with Crippen molar-refractivity contribution in [3.05, 3.63) is 78.7 Å². The molecule has 1 saturated heterocycles. The first-order valence-electron chi connectivity index (χ1n) is 12.5. The second kappa shape index (κ2) is 11.2. The number of thiazole rings is 2. The Morgan fingerprint density at radius 2 is 1.80 bits per heavy atom. The highest BCUT2D eigenvalue weighted by Crippen LogP contribution is 2.35. The van der Waals surface area contributed by atoms with Crippen LogP contribution in [0.15, 0.2) is 58.3 Å². The number of nitrogens with zero attached hydrogens (tertiary/aromatic N) is 5. The molecule has 7 nitrogen and oxygen atoms in total. The molecule has 2 aliphatic heterocycles. The van der Waals surface area contributed by atoms with Crippen LogP contribution in [0.5, 0.6) is 0 Å². The van der Waals surface area contributed by atoms with Gasteiger partial charge in [-0.3, -0.25) is 19.1 Å². The van der Waals surface area contributed by atoms with Gasteiger partial charge < -0.3 is 17.3 Å². The third-order valence-electron chi connectivity index (χ3n) is 6.85. The zero-order chi connectivity index (χ0) is 27.4. The van der Waals surface area contributed by atoms with Crippen LogP contribution in [0, 0.1) is 0 Å². The topological polar surface area (TPSA) is 61.8 Å². The van der Waals surface area contributed by atoms with Crippen molar-refractivity contribution in [2.24, 2.45) is 12.0 Å². The minimum Gasteiger partial charge on any atom is -1.00 e. The van der Waals surface area contributed by atoms with Crippen molar-refractivity contribution in [2.45, 2.75) is 20.4 Å². The van der Waals surface area contributed by atoms with Gasteiger partial charge in [0.1, 0.15) is 19.6 Å². The zero-order valence-electron chi connectivity index (χ0n) is 22.1. The Kier molecular flexibility index (Phi) is 8.00. The number of aryl methyl sites for hydroxylation is 1. The Morgan fingerprint density at radius 1 is 1.02 bits per heavy atom. The number of aromatic nitrogens is 2. The van der Waals surface area contributed by atoms with Crippen molar-refractivity contribution in [3.8, 4) is 0 Å². The maximum Gasteiger partial charge on any atom is 0.385 e. The van der Waals surface area contributed by atoms with E-state index in [9.17, 15) is 9.59 Å². The molecule has 0 bridgehead atoms. The first-order chi connectivity index (χ1) is 18.8. The van der Waals surface area contributed by atoms with Gasteiger partial charge in [-0.25, -0.2) is 4.57 Å². The Balaban J connectivity index is 0.00000323. The molecule has 0 N–H and O–H groups in total. The molecule has 40 heavy (non-hydrogen) atoms. The van der Waals surface area contributed by atoms with Gasteiger partial charge in [-0.2, -0.15) is 0 Å². The molecule has 0 radical (unpaired) electrons. The van der Waals surface area contributed by atoms with Crippen molar-refractivity contribution in [3.63, 3.8) is 0 Å². The monoisotopic (exact) mass is 629 g/mol. The van der Waals surface area contributed by atoms with Crippen molar-refractivity contribution in [2.75, 3.05) is 18.5 Å². The van der Waals surface area contributed by atoms with Crippen LogP contribution in [0.1, 0.15) is 19.4 Å². The number of rotatable bonds is 3. The molecular formula is C28H25Cl2N5O2S3. The number of halogens is 2. The Morgan fingerprint density at radius 3 is 2.55 bits per heavy atom. The van der Waals surface area contributed by atoms with Gasteiger partial charge in [0.25, 0.3) is 16.6 Å². The van der Waals surface area contributed by atoms with Crippen molar-refractivity contribution >= 4 is 94.8 Å². The fraction of sp³-hybridized carbons (Fsp3) is 0.214. The van der Waals surface area contributed by atoms with Gasteiger partial charge in [-0.15, -0.1) is 11.3 Å². The number of carbonyl (C=O) groups excluding carboxylic acids is 1. The number of hydrogen-bond acceptors (Lipinski definition) is 7. The molecule has 1 amide bonds. The van der Waals surface area contributed by atoms with Crippen LogP contribution >= 0.6 is 46.0 Å². The van der Waals surface area contributed by atoms with Crippen LogP contribution in [0.4, 0.5) is 10.8 Å². The van der Waals surface area contributed by atoms with E-state index in [2.05, 4.69) is 6.07 Å². The van der Waals surface area contributed by atoms with Gasteiger partial charge in [0.15, 0.2) is 0 Å². The Labute approximate surface area is 254 Å². The summed E-state index contributed by atoms with van der Waals surface area (Å²) in [5, 5.41) is 2.04. The summed E-state index contributed by atoms with van der Waals surface area (Å²) in [5.41, 5.74) is 3.89. The van der Waals surface area contributed by atoms with Gasteiger partial charge in [0.05, 0.1) is 17.4 Å².